The van der Waals surface area contributed by atoms with Gasteiger partial charge in [0.15, 0.2) is 6.61 Å². The lowest BCUT2D eigenvalue weighted by Gasteiger charge is -2.21. The minimum absolute atomic E-state index is 0.0149. The molecule has 2 aromatic carbocycles. The number of amides is 1. The average Bonchev–Trinajstić information content (AvgIpc) is 2.63. The molecule has 0 saturated carbocycles. The van der Waals surface area contributed by atoms with Crippen LogP contribution < -0.4 is 10.1 Å². The van der Waals surface area contributed by atoms with Crippen LogP contribution in [0.25, 0.3) is 10.8 Å². The van der Waals surface area contributed by atoms with E-state index in [0.29, 0.717) is 5.75 Å². The lowest BCUT2D eigenvalue weighted by atomic mass is 9.99. The highest BCUT2D eigenvalue weighted by Gasteiger charge is 2.26. The van der Waals surface area contributed by atoms with Crippen LogP contribution in [-0.2, 0) is 14.3 Å². The van der Waals surface area contributed by atoms with E-state index >= 15 is 0 Å². The zero-order chi connectivity index (χ0) is 17.5. The van der Waals surface area contributed by atoms with Crippen LogP contribution in [0.1, 0.15) is 20.3 Å². The van der Waals surface area contributed by atoms with Crippen LogP contribution in [0.4, 0.5) is 0 Å². The van der Waals surface area contributed by atoms with Gasteiger partial charge in [-0.25, -0.2) is 4.79 Å². The zero-order valence-electron chi connectivity index (χ0n) is 14.2. The Kier molecular flexibility index (Phi) is 6.18. The van der Waals surface area contributed by atoms with Gasteiger partial charge in [0.25, 0.3) is 5.91 Å². The number of rotatable bonds is 7. The average molecular weight is 329 g/mol. The van der Waals surface area contributed by atoms with Crippen LogP contribution >= 0.6 is 0 Å². The monoisotopic (exact) mass is 329 g/mol. The number of benzene rings is 2. The Labute approximate surface area is 141 Å². The maximum Gasteiger partial charge on any atom is 0.328 e. The number of esters is 1. The van der Waals surface area contributed by atoms with Crippen LogP contribution in [0.5, 0.6) is 5.75 Å². The van der Waals surface area contributed by atoms with Gasteiger partial charge in [0.05, 0.1) is 7.11 Å². The maximum atomic E-state index is 12.2. The molecule has 0 unspecified atom stereocenters. The van der Waals surface area contributed by atoms with Crippen molar-refractivity contribution in [3.63, 3.8) is 0 Å². The van der Waals surface area contributed by atoms with Crippen LogP contribution in [0, 0.1) is 5.92 Å². The van der Waals surface area contributed by atoms with Gasteiger partial charge in [-0.1, -0.05) is 56.7 Å². The number of methoxy groups -OCH3 is 1. The first kappa shape index (κ1) is 17.8. The molecule has 0 saturated heterocycles. The van der Waals surface area contributed by atoms with Crippen LogP contribution in [0.15, 0.2) is 42.5 Å². The molecule has 0 heterocycles. The van der Waals surface area contributed by atoms with E-state index < -0.39 is 12.0 Å². The fourth-order valence-corrected chi connectivity index (χ4v) is 2.48. The summed E-state index contributed by atoms with van der Waals surface area (Å²) >= 11 is 0. The van der Waals surface area contributed by atoms with E-state index in [2.05, 4.69) is 5.32 Å². The molecule has 0 spiro atoms. The number of ether oxygens (including phenoxy) is 2. The topological polar surface area (TPSA) is 64.6 Å². The molecule has 2 aromatic rings. The Morgan fingerprint density at radius 2 is 1.83 bits per heavy atom. The Morgan fingerprint density at radius 3 is 2.54 bits per heavy atom. The predicted octanol–water partition coefficient (Wildman–Crippen LogP) is 2.92. The SMILES string of the molecule is CC[C@H](C)[C@H](NC(=O)COc1cccc2ccccc12)C(=O)OC. The maximum absolute atomic E-state index is 12.2. The summed E-state index contributed by atoms with van der Waals surface area (Å²) in [6, 6.07) is 12.8. The standard InChI is InChI=1S/C19H23NO4/c1-4-13(2)18(19(22)23-3)20-17(21)12-24-16-11-7-9-14-8-5-6-10-15(14)16/h5-11,13,18H,4,12H2,1-3H3,(H,20,21)/t13-,18-/m0/s1. The number of carbonyl (C=O) groups is 2. The van der Waals surface area contributed by atoms with E-state index in [1.54, 1.807) is 0 Å². The van der Waals surface area contributed by atoms with Gasteiger partial charge in [-0.3, -0.25) is 4.79 Å². The molecule has 2 rings (SSSR count). The summed E-state index contributed by atoms with van der Waals surface area (Å²) < 4.78 is 10.4. The predicted molar refractivity (Wildman–Crippen MR) is 92.8 cm³/mol. The largest absolute Gasteiger partial charge is 0.483 e. The Morgan fingerprint density at radius 1 is 1.12 bits per heavy atom. The summed E-state index contributed by atoms with van der Waals surface area (Å²) in [5.74, 6) is -0.165. The van der Waals surface area contributed by atoms with Gasteiger partial charge in [-0.15, -0.1) is 0 Å². The zero-order valence-corrected chi connectivity index (χ0v) is 14.2. The van der Waals surface area contributed by atoms with Gasteiger partial charge in [0.2, 0.25) is 0 Å². The van der Waals surface area contributed by atoms with Crippen LogP contribution in [0.2, 0.25) is 0 Å². The Bertz CT molecular complexity index is 708. The second-order valence-electron chi connectivity index (χ2n) is 5.72. The molecule has 0 aromatic heterocycles. The molecule has 0 fully saturated rings. The molecule has 1 amide bonds. The first-order chi connectivity index (χ1) is 11.6. The van der Waals surface area contributed by atoms with Crippen LogP contribution in [0.3, 0.4) is 0 Å². The summed E-state index contributed by atoms with van der Waals surface area (Å²) in [5, 5.41) is 4.69. The fourth-order valence-electron chi connectivity index (χ4n) is 2.48. The highest BCUT2D eigenvalue weighted by molar-refractivity contribution is 5.89. The van der Waals surface area contributed by atoms with E-state index in [1.807, 2.05) is 56.3 Å². The molecule has 0 bridgehead atoms. The summed E-state index contributed by atoms with van der Waals surface area (Å²) in [4.78, 5) is 24.0. The van der Waals surface area contributed by atoms with Gasteiger partial charge >= 0.3 is 5.97 Å². The third-order valence-electron chi connectivity index (χ3n) is 4.09. The van der Waals surface area contributed by atoms with Crippen LogP contribution in [-0.4, -0.2) is 31.6 Å². The van der Waals surface area contributed by atoms with Crippen molar-refractivity contribution >= 4 is 22.6 Å². The van der Waals surface area contributed by atoms with Gasteiger partial charge in [-0.05, 0) is 17.4 Å². The molecular weight excluding hydrogens is 306 g/mol. The van der Waals surface area contributed by atoms with Gasteiger partial charge in [0, 0.05) is 5.39 Å². The van der Waals surface area contributed by atoms with Gasteiger partial charge in [0.1, 0.15) is 11.8 Å². The van der Waals surface area contributed by atoms with Crippen molar-refractivity contribution in [2.75, 3.05) is 13.7 Å². The van der Waals surface area contributed by atoms with Crippen molar-refractivity contribution in [2.24, 2.45) is 5.92 Å². The summed E-state index contributed by atoms with van der Waals surface area (Å²) in [6.07, 6.45) is 0.754. The second-order valence-corrected chi connectivity index (χ2v) is 5.72. The fraction of sp³-hybridized carbons (Fsp3) is 0.368. The van der Waals surface area contributed by atoms with Crippen molar-refractivity contribution in [3.05, 3.63) is 42.5 Å². The van der Waals surface area contributed by atoms with Crippen molar-refractivity contribution in [3.8, 4) is 5.75 Å². The normalized spacial score (nSPS) is 13.1. The van der Waals surface area contributed by atoms with Crippen molar-refractivity contribution in [1.82, 2.24) is 5.32 Å². The molecule has 0 aliphatic carbocycles. The Hall–Kier alpha value is -2.56. The molecule has 1 N–H and O–H groups in total. The van der Waals surface area contributed by atoms with E-state index in [1.165, 1.54) is 7.11 Å². The summed E-state index contributed by atoms with van der Waals surface area (Å²) in [6.45, 7) is 3.70. The molecule has 128 valence electrons. The minimum Gasteiger partial charge on any atom is -0.483 e. The van der Waals surface area contributed by atoms with Crippen molar-refractivity contribution in [2.45, 2.75) is 26.3 Å². The smallest absolute Gasteiger partial charge is 0.328 e. The Balaban J connectivity index is 2.02. The van der Waals surface area contributed by atoms with E-state index in [0.717, 1.165) is 17.2 Å². The number of hydrogen-bond acceptors (Lipinski definition) is 4. The molecule has 0 radical (unpaired) electrons. The molecule has 5 heteroatoms. The minimum atomic E-state index is -0.663. The van der Waals surface area contributed by atoms with Gasteiger partial charge < -0.3 is 14.8 Å². The molecular formula is C19H23NO4. The second kappa shape index (κ2) is 8.34. The quantitative estimate of drug-likeness (QED) is 0.793. The van der Waals surface area contributed by atoms with Gasteiger partial charge in [-0.2, -0.15) is 0 Å². The molecule has 0 aliphatic rings. The first-order valence-corrected chi connectivity index (χ1v) is 8.04. The first-order valence-electron chi connectivity index (χ1n) is 8.04. The molecule has 24 heavy (non-hydrogen) atoms. The van der Waals surface area contributed by atoms with E-state index in [4.69, 9.17) is 9.47 Å². The van der Waals surface area contributed by atoms with Crippen molar-refractivity contribution < 1.29 is 19.1 Å². The summed E-state index contributed by atoms with van der Waals surface area (Å²) in [7, 11) is 1.32. The highest BCUT2D eigenvalue weighted by Crippen LogP contribution is 2.25. The van der Waals surface area contributed by atoms with Crippen molar-refractivity contribution in [1.29, 1.82) is 0 Å². The molecule has 5 nitrogen and oxygen atoms in total. The third-order valence-corrected chi connectivity index (χ3v) is 4.09. The number of hydrogen-bond donors (Lipinski definition) is 1. The summed E-state index contributed by atoms with van der Waals surface area (Å²) in [5.41, 5.74) is 0. The molecule has 2 atom stereocenters. The van der Waals surface area contributed by atoms with E-state index in [-0.39, 0.29) is 18.4 Å². The lowest BCUT2D eigenvalue weighted by molar-refractivity contribution is -0.146. The molecule has 0 aliphatic heterocycles. The van der Waals surface area contributed by atoms with E-state index in [9.17, 15) is 9.59 Å². The number of carbonyl (C=O) groups excluding carboxylic acids is 2. The number of nitrogens with one attached hydrogen (secondary N) is 1. The highest BCUT2D eigenvalue weighted by atomic mass is 16.5. The number of fused-ring (bicyclic) bond motifs is 1. The lowest BCUT2D eigenvalue weighted by Crippen LogP contribution is -2.47. The third kappa shape index (κ3) is 4.25.